The molecule has 7 heteroatoms. The molecular formula is C18H16N2O3S2. The molecule has 2 heterocycles. The van der Waals surface area contributed by atoms with Crippen molar-refractivity contribution < 1.29 is 13.2 Å². The number of rotatable bonds is 6. The largest absolute Gasteiger partial charge is 0.295 e. The molecule has 1 N–H and O–H groups in total. The maximum Gasteiger partial charge on any atom is 0.240 e. The van der Waals surface area contributed by atoms with Gasteiger partial charge < -0.3 is 0 Å². The Kier molecular flexibility index (Phi) is 5.08. The van der Waals surface area contributed by atoms with Gasteiger partial charge in [-0.3, -0.25) is 9.78 Å². The number of pyridine rings is 1. The van der Waals surface area contributed by atoms with E-state index in [0.717, 1.165) is 16.8 Å². The van der Waals surface area contributed by atoms with E-state index in [0.29, 0.717) is 5.56 Å². The number of aromatic nitrogens is 1. The predicted octanol–water partition coefficient (Wildman–Crippen LogP) is 3.49. The van der Waals surface area contributed by atoms with E-state index in [4.69, 9.17) is 0 Å². The summed E-state index contributed by atoms with van der Waals surface area (Å²) in [4.78, 5) is 15.9. The van der Waals surface area contributed by atoms with Gasteiger partial charge in [0.2, 0.25) is 10.0 Å². The number of sulfonamides is 1. The van der Waals surface area contributed by atoms with Crippen LogP contribution in [-0.2, 0) is 16.6 Å². The van der Waals surface area contributed by atoms with Gasteiger partial charge in [-0.25, -0.2) is 13.1 Å². The Morgan fingerprint density at radius 2 is 2.04 bits per heavy atom. The van der Waals surface area contributed by atoms with Crippen LogP contribution in [0.1, 0.15) is 22.8 Å². The molecule has 0 amide bonds. The number of nitrogens with one attached hydrogen (secondary N) is 1. The monoisotopic (exact) mass is 372 g/mol. The Hall–Kier alpha value is -2.35. The maximum atomic E-state index is 12.5. The highest BCUT2D eigenvalue weighted by Gasteiger charge is 2.16. The average molecular weight is 372 g/mol. The standard InChI is InChI=1S/C18H16N2O3S2/c1-13(21)14-4-2-6-17(10-14)25(22,23)20-11-15-5-3-8-19-18(15)16-7-9-24-12-16/h2-10,12,20H,11H2,1H3. The summed E-state index contributed by atoms with van der Waals surface area (Å²) in [5, 5.41) is 3.92. The third-order valence-electron chi connectivity index (χ3n) is 3.69. The Balaban J connectivity index is 1.84. The second-order valence-corrected chi connectivity index (χ2v) is 7.98. The van der Waals surface area contributed by atoms with E-state index in [2.05, 4.69) is 9.71 Å². The van der Waals surface area contributed by atoms with Crippen molar-refractivity contribution in [1.29, 1.82) is 0 Å². The zero-order valence-electron chi connectivity index (χ0n) is 13.5. The molecule has 0 aliphatic carbocycles. The fourth-order valence-corrected chi connectivity index (χ4v) is 4.07. The van der Waals surface area contributed by atoms with E-state index in [1.807, 2.05) is 22.9 Å². The van der Waals surface area contributed by atoms with E-state index >= 15 is 0 Å². The molecule has 0 atom stereocenters. The van der Waals surface area contributed by atoms with Crippen LogP contribution in [0.25, 0.3) is 11.3 Å². The first-order valence-electron chi connectivity index (χ1n) is 7.54. The first-order chi connectivity index (χ1) is 12.0. The molecule has 0 aliphatic rings. The third kappa shape index (κ3) is 4.01. The Labute approximate surface area is 150 Å². The van der Waals surface area contributed by atoms with Gasteiger partial charge in [-0.15, -0.1) is 0 Å². The third-order valence-corrected chi connectivity index (χ3v) is 5.77. The van der Waals surface area contributed by atoms with E-state index < -0.39 is 10.0 Å². The number of nitrogens with zero attached hydrogens (tertiary/aromatic N) is 1. The second-order valence-electron chi connectivity index (χ2n) is 5.43. The number of hydrogen-bond donors (Lipinski definition) is 1. The summed E-state index contributed by atoms with van der Waals surface area (Å²) in [7, 11) is -3.73. The zero-order chi connectivity index (χ0) is 17.9. The molecule has 5 nitrogen and oxygen atoms in total. The number of hydrogen-bond acceptors (Lipinski definition) is 5. The van der Waals surface area contributed by atoms with Crippen molar-refractivity contribution in [2.24, 2.45) is 0 Å². The molecule has 0 spiro atoms. The number of carbonyl (C=O) groups excluding carboxylic acids is 1. The molecule has 0 saturated heterocycles. The van der Waals surface area contributed by atoms with Gasteiger partial charge in [-0.05, 0) is 42.1 Å². The SMILES string of the molecule is CC(=O)c1cccc(S(=O)(=O)NCc2cccnc2-c2ccsc2)c1. The first-order valence-corrected chi connectivity index (χ1v) is 9.97. The molecule has 3 rings (SSSR count). The summed E-state index contributed by atoms with van der Waals surface area (Å²) in [6.45, 7) is 1.52. The van der Waals surface area contributed by atoms with E-state index in [1.165, 1.54) is 19.1 Å². The highest BCUT2D eigenvalue weighted by atomic mass is 32.2. The minimum atomic E-state index is -3.73. The first kappa shape index (κ1) is 17.5. The fraction of sp³-hybridized carbons (Fsp3) is 0.111. The molecule has 0 bridgehead atoms. The molecule has 25 heavy (non-hydrogen) atoms. The maximum absolute atomic E-state index is 12.5. The van der Waals surface area contributed by atoms with Crippen LogP contribution >= 0.6 is 11.3 Å². The lowest BCUT2D eigenvalue weighted by Gasteiger charge is -2.10. The molecule has 128 valence electrons. The van der Waals surface area contributed by atoms with Gasteiger partial charge in [-0.1, -0.05) is 18.2 Å². The van der Waals surface area contributed by atoms with Crippen LogP contribution in [0.4, 0.5) is 0 Å². The minimum Gasteiger partial charge on any atom is -0.295 e. The normalized spacial score (nSPS) is 11.4. The number of thiophene rings is 1. The zero-order valence-corrected chi connectivity index (χ0v) is 15.1. The van der Waals surface area contributed by atoms with Crippen molar-refractivity contribution in [2.75, 3.05) is 0 Å². The van der Waals surface area contributed by atoms with Crippen molar-refractivity contribution in [2.45, 2.75) is 18.4 Å². The lowest BCUT2D eigenvalue weighted by atomic mass is 10.1. The molecule has 1 aromatic carbocycles. The Morgan fingerprint density at radius 3 is 2.76 bits per heavy atom. The number of ketones is 1. The molecule has 0 unspecified atom stereocenters. The fourth-order valence-electron chi connectivity index (χ4n) is 2.38. The van der Waals surface area contributed by atoms with Gasteiger partial charge in [-0.2, -0.15) is 11.3 Å². The van der Waals surface area contributed by atoms with Gasteiger partial charge in [0.1, 0.15) is 0 Å². The quantitative estimate of drug-likeness (QED) is 0.672. The molecule has 2 aromatic heterocycles. The van der Waals surface area contributed by atoms with Crippen LogP contribution in [0.2, 0.25) is 0 Å². The summed E-state index contributed by atoms with van der Waals surface area (Å²) in [5.74, 6) is -0.177. The van der Waals surface area contributed by atoms with Crippen molar-refractivity contribution in [3.8, 4) is 11.3 Å². The van der Waals surface area contributed by atoms with Crippen LogP contribution in [0.3, 0.4) is 0 Å². The van der Waals surface area contributed by atoms with Gasteiger partial charge in [0.15, 0.2) is 5.78 Å². The van der Waals surface area contributed by atoms with E-state index in [1.54, 1.807) is 35.7 Å². The van der Waals surface area contributed by atoms with Crippen LogP contribution in [0.5, 0.6) is 0 Å². The van der Waals surface area contributed by atoms with Gasteiger partial charge in [0, 0.05) is 29.2 Å². The molecule has 0 aliphatic heterocycles. The lowest BCUT2D eigenvalue weighted by molar-refractivity contribution is 0.101. The van der Waals surface area contributed by atoms with Crippen LogP contribution < -0.4 is 4.72 Å². The molecule has 3 aromatic rings. The van der Waals surface area contributed by atoms with Crippen LogP contribution in [0, 0.1) is 0 Å². The second kappa shape index (κ2) is 7.26. The number of carbonyl (C=O) groups is 1. The average Bonchev–Trinajstić information content (AvgIpc) is 3.15. The molecule has 0 fully saturated rings. The summed E-state index contributed by atoms with van der Waals surface area (Å²) in [5.41, 5.74) is 2.86. The van der Waals surface area contributed by atoms with E-state index in [9.17, 15) is 13.2 Å². The van der Waals surface area contributed by atoms with Crippen molar-refractivity contribution in [3.63, 3.8) is 0 Å². The molecular weight excluding hydrogens is 356 g/mol. The van der Waals surface area contributed by atoms with Gasteiger partial charge >= 0.3 is 0 Å². The number of benzene rings is 1. The summed E-state index contributed by atoms with van der Waals surface area (Å²) in [6.07, 6.45) is 1.68. The smallest absolute Gasteiger partial charge is 0.240 e. The molecule has 0 radical (unpaired) electrons. The van der Waals surface area contributed by atoms with Crippen LogP contribution in [0.15, 0.2) is 64.3 Å². The summed E-state index contributed by atoms with van der Waals surface area (Å²) in [6, 6.07) is 11.6. The number of Topliss-reactive ketones (excluding diaryl/α,β-unsaturated/α-hetero) is 1. The predicted molar refractivity (Wildman–Crippen MR) is 98.0 cm³/mol. The summed E-state index contributed by atoms with van der Waals surface area (Å²) < 4.78 is 27.7. The van der Waals surface area contributed by atoms with Crippen molar-refractivity contribution >= 4 is 27.1 Å². The van der Waals surface area contributed by atoms with E-state index in [-0.39, 0.29) is 17.2 Å². The van der Waals surface area contributed by atoms with Crippen molar-refractivity contribution in [3.05, 3.63) is 70.5 Å². The Bertz CT molecular complexity index is 997. The summed E-state index contributed by atoms with van der Waals surface area (Å²) >= 11 is 1.56. The highest BCUT2D eigenvalue weighted by Crippen LogP contribution is 2.24. The topological polar surface area (TPSA) is 76.1 Å². The molecule has 0 saturated carbocycles. The van der Waals surface area contributed by atoms with Crippen molar-refractivity contribution in [1.82, 2.24) is 9.71 Å². The Morgan fingerprint density at radius 1 is 1.20 bits per heavy atom. The van der Waals surface area contributed by atoms with Gasteiger partial charge in [0.25, 0.3) is 0 Å². The lowest BCUT2D eigenvalue weighted by Crippen LogP contribution is -2.24. The minimum absolute atomic E-state index is 0.0705. The van der Waals surface area contributed by atoms with Crippen LogP contribution in [-0.4, -0.2) is 19.2 Å². The highest BCUT2D eigenvalue weighted by molar-refractivity contribution is 7.89. The van der Waals surface area contributed by atoms with Gasteiger partial charge in [0.05, 0.1) is 10.6 Å².